The van der Waals surface area contributed by atoms with E-state index in [-0.39, 0.29) is 0 Å². The number of nitrogens with two attached hydrogens (primary N) is 3. The van der Waals surface area contributed by atoms with E-state index in [0.29, 0.717) is 16.9 Å². The van der Waals surface area contributed by atoms with Gasteiger partial charge in [0.1, 0.15) is 0 Å². The molecule has 17 heavy (non-hydrogen) atoms. The van der Waals surface area contributed by atoms with E-state index in [1.54, 1.807) is 24.3 Å². The van der Waals surface area contributed by atoms with Crippen molar-refractivity contribution < 1.29 is 4.79 Å². The van der Waals surface area contributed by atoms with E-state index < -0.39 is 5.91 Å². The molecule has 0 unspecified atom stereocenters. The molecule has 0 saturated carbocycles. The number of nitrogen functional groups attached to an aromatic ring is 2. The summed E-state index contributed by atoms with van der Waals surface area (Å²) in [6, 6.07) is 12.5. The molecule has 0 fully saturated rings. The van der Waals surface area contributed by atoms with Crippen LogP contribution in [0, 0.1) is 0 Å². The quantitative estimate of drug-likeness (QED) is 0.680. The molecular weight excluding hydrogens is 214 g/mol. The Labute approximate surface area is 99.0 Å². The lowest BCUT2D eigenvalue weighted by molar-refractivity contribution is 0.100. The lowest BCUT2D eigenvalue weighted by Gasteiger charge is -2.09. The zero-order valence-electron chi connectivity index (χ0n) is 9.18. The number of hydrogen-bond acceptors (Lipinski definition) is 3. The van der Waals surface area contributed by atoms with Crippen molar-refractivity contribution in [2.45, 2.75) is 0 Å². The van der Waals surface area contributed by atoms with Gasteiger partial charge in [0.15, 0.2) is 0 Å². The molecule has 0 aliphatic heterocycles. The Bertz CT molecular complexity index is 561. The third-order valence-electron chi connectivity index (χ3n) is 2.59. The van der Waals surface area contributed by atoms with Crippen LogP contribution in [0.15, 0.2) is 42.5 Å². The smallest absolute Gasteiger partial charge is 0.250 e. The van der Waals surface area contributed by atoms with Gasteiger partial charge in [0.25, 0.3) is 5.91 Å². The van der Waals surface area contributed by atoms with Gasteiger partial charge in [-0.1, -0.05) is 24.3 Å². The Morgan fingerprint density at radius 3 is 2.18 bits per heavy atom. The molecule has 86 valence electrons. The Morgan fingerprint density at radius 1 is 0.941 bits per heavy atom. The number of carbonyl (C=O) groups excluding carboxylic acids is 1. The maximum Gasteiger partial charge on any atom is 0.250 e. The molecule has 6 N–H and O–H groups in total. The molecule has 4 heteroatoms. The molecule has 0 spiro atoms. The third-order valence-corrected chi connectivity index (χ3v) is 2.59. The molecule has 2 rings (SSSR count). The largest absolute Gasteiger partial charge is 0.399 e. The van der Waals surface area contributed by atoms with Crippen molar-refractivity contribution in [2.24, 2.45) is 5.73 Å². The van der Waals surface area contributed by atoms with Crippen molar-refractivity contribution in [2.75, 3.05) is 11.5 Å². The summed E-state index contributed by atoms with van der Waals surface area (Å²) in [5.41, 5.74) is 19.9. The number of primary amides is 1. The van der Waals surface area contributed by atoms with Crippen LogP contribution < -0.4 is 17.2 Å². The van der Waals surface area contributed by atoms with E-state index >= 15 is 0 Å². The highest BCUT2D eigenvalue weighted by Gasteiger charge is 2.10. The average molecular weight is 227 g/mol. The highest BCUT2D eigenvalue weighted by Crippen LogP contribution is 2.28. The average Bonchev–Trinajstić information content (AvgIpc) is 2.30. The van der Waals surface area contributed by atoms with Gasteiger partial charge in [0, 0.05) is 11.3 Å². The maximum absolute atomic E-state index is 11.2. The van der Waals surface area contributed by atoms with E-state index in [1.807, 2.05) is 18.2 Å². The highest BCUT2D eigenvalue weighted by atomic mass is 16.1. The second-order valence-electron chi connectivity index (χ2n) is 3.75. The Hall–Kier alpha value is -2.49. The van der Waals surface area contributed by atoms with Crippen molar-refractivity contribution >= 4 is 17.3 Å². The molecule has 0 bridgehead atoms. The minimum atomic E-state index is -0.528. The summed E-state index contributed by atoms with van der Waals surface area (Å²) in [5.74, 6) is -0.528. The Balaban J connectivity index is 2.56. The topological polar surface area (TPSA) is 95.1 Å². The lowest BCUT2D eigenvalue weighted by Crippen LogP contribution is -2.13. The highest BCUT2D eigenvalue weighted by molar-refractivity contribution is 6.01. The van der Waals surface area contributed by atoms with Gasteiger partial charge < -0.3 is 17.2 Å². The maximum atomic E-state index is 11.2. The van der Waals surface area contributed by atoms with E-state index in [2.05, 4.69) is 0 Å². The number of amides is 1. The fourth-order valence-corrected chi connectivity index (χ4v) is 1.69. The van der Waals surface area contributed by atoms with Crippen LogP contribution in [0.1, 0.15) is 10.4 Å². The van der Waals surface area contributed by atoms with Crippen molar-refractivity contribution in [3.63, 3.8) is 0 Å². The normalized spacial score (nSPS) is 10.1. The first-order chi connectivity index (χ1) is 8.09. The number of benzene rings is 2. The van der Waals surface area contributed by atoms with Crippen LogP contribution >= 0.6 is 0 Å². The summed E-state index contributed by atoms with van der Waals surface area (Å²) in [6.45, 7) is 0. The van der Waals surface area contributed by atoms with Gasteiger partial charge in [-0.05, 0) is 23.8 Å². The van der Waals surface area contributed by atoms with Crippen molar-refractivity contribution in [3.8, 4) is 11.1 Å². The summed E-state index contributed by atoms with van der Waals surface area (Å²) >= 11 is 0. The number of hydrogen-bond donors (Lipinski definition) is 3. The van der Waals surface area contributed by atoms with E-state index in [1.165, 1.54) is 0 Å². The monoisotopic (exact) mass is 227 g/mol. The van der Waals surface area contributed by atoms with Gasteiger partial charge in [0.2, 0.25) is 0 Å². The van der Waals surface area contributed by atoms with Crippen LogP contribution in [0.3, 0.4) is 0 Å². The fraction of sp³-hybridized carbons (Fsp3) is 0. The second-order valence-corrected chi connectivity index (χ2v) is 3.75. The van der Waals surface area contributed by atoms with Gasteiger partial charge in [-0.2, -0.15) is 0 Å². The molecular formula is C13H13N3O. The molecule has 0 heterocycles. The zero-order valence-corrected chi connectivity index (χ0v) is 9.18. The SMILES string of the molecule is NC(=O)c1cccc(-c2ccc(N)cc2)c1N. The Kier molecular flexibility index (Phi) is 2.70. The van der Waals surface area contributed by atoms with E-state index in [9.17, 15) is 4.79 Å². The van der Waals surface area contributed by atoms with Crippen LogP contribution in [0.5, 0.6) is 0 Å². The van der Waals surface area contributed by atoms with E-state index in [0.717, 1.165) is 11.1 Å². The molecule has 0 aliphatic carbocycles. The first kappa shape index (κ1) is 11.0. The van der Waals surface area contributed by atoms with Crippen LogP contribution in [-0.4, -0.2) is 5.91 Å². The molecule has 4 nitrogen and oxygen atoms in total. The minimum Gasteiger partial charge on any atom is -0.399 e. The molecule has 0 saturated heterocycles. The summed E-state index contributed by atoms with van der Waals surface area (Å²) in [7, 11) is 0. The van der Waals surface area contributed by atoms with Gasteiger partial charge >= 0.3 is 0 Å². The second kappa shape index (κ2) is 4.17. The number of carbonyl (C=O) groups is 1. The fourth-order valence-electron chi connectivity index (χ4n) is 1.69. The predicted molar refractivity (Wildman–Crippen MR) is 69.2 cm³/mol. The molecule has 0 atom stereocenters. The van der Waals surface area contributed by atoms with Gasteiger partial charge in [-0.15, -0.1) is 0 Å². The molecule has 2 aromatic carbocycles. The van der Waals surface area contributed by atoms with Crippen LogP contribution in [0.2, 0.25) is 0 Å². The Morgan fingerprint density at radius 2 is 1.59 bits per heavy atom. The third kappa shape index (κ3) is 2.06. The number of anilines is 2. The minimum absolute atomic E-state index is 0.333. The van der Waals surface area contributed by atoms with Gasteiger partial charge in [0.05, 0.1) is 11.3 Å². The summed E-state index contributed by atoms with van der Waals surface area (Å²) < 4.78 is 0. The van der Waals surface area contributed by atoms with Crippen molar-refractivity contribution in [3.05, 3.63) is 48.0 Å². The molecule has 2 aromatic rings. The van der Waals surface area contributed by atoms with Crippen LogP contribution in [0.25, 0.3) is 11.1 Å². The van der Waals surface area contributed by atoms with E-state index in [4.69, 9.17) is 17.2 Å². The number of rotatable bonds is 2. The first-order valence-electron chi connectivity index (χ1n) is 5.14. The van der Waals surface area contributed by atoms with Crippen LogP contribution in [-0.2, 0) is 0 Å². The lowest BCUT2D eigenvalue weighted by atomic mass is 10.00. The zero-order chi connectivity index (χ0) is 12.4. The standard InChI is InChI=1S/C13H13N3O/c14-9-6-4-8(5-7-9)10-2-1-3-11(12(10)15)13(16)17/h1-7H,14-15H2,(H2,16,17). The molecule has 1 amide bonds. The summed E-state index contributed by atoms with van der Waals surface area (Å²) in [4.78, 5) is 11.2. The molecule has 0 aromatic heterocycles. The van der Waals surface area contributed by atoms with Gasteiger partial charge in [-0.3, -0.25) is 4.79 Å². The first-order valence-corrected chi connectivity index (χ1v) is 5.14. The summed E-state index contributed by atoms with van der Waals surface area (Å²) in [6.07, 6.45) is 0. The number of para-hydroxylation sites is 1. The van der Waals surface area contributed by atoms with Crippen molar-refractivity contribution in [1.29, 1.82) is 0 Å². The molecule has 0 aliphatic rings. The predicted octanol–water partition coefficient (Wildman–Crippen LogP) is 1.62. The van der Waals surface area contributed by atoms with Crippen LogP contribution in [0.4, 0.5) is 11.4 Å². The van der Waals surface area contributed by atoms with Crippen molar-refractivity contribution in [1.82, 2.24) is 0 Å². The molecule has 0 radical (unpaired) electrons. The van der Waals surface area contributed by atoms with Gasteiger partial charge in [-0.25, -0.2) is 0 Å². The summed E-state index contributed by atoms with van der Waals surface area (Å²) in [5, 5.41) is 0.